The van der Waals surface area contributed by atoms with E-state index in [-0.39, 0.29) is 35.1 Å². The van der Waals surface area contributed by atoms with Crippen molar-refractivity contribution in [2.45, 2.75) is 76.7 Å². The van der Waals surface area contributed by atoms with Crippen LogP contribution in [0, 0.1) is 17.7 Å². The molecule has 45 heavy (non-hydrogen) atoms. The monoisotopic (exact) mass is 659 g/mol. The molecule has 1 saturated carbocycles. The zero-order chi connectivity index (χ0) is 32.8. The molecular weight excluding hydrogens is 613 g/mol. The maximum atomic E-state index is 11.9. The van der Waals surface area contributed by atoms with Gasteiger partial charge in [0.15, 0.2) is 5.82 Å². The molecule has 12 heteroatoms. The molecule has 4 N–H and O–H groups in total. The summed E-state index contributed by atoms with van der Waals surface area (Å²) in [5, 5.41) is 23.3. The van der Waals surface area contributed by atoms with E-state index in [1.54, 1.807) is 13.2 Å². The van der Waals surface area contributed by atoms with Crippen molar-refractivity contribution in [3.8, 4) is 11.1 Å². The number of carbonyl (C=O) groups is 1. The Balaban J connectivity index is 0.000000383. The lowest BCUT2D eigenvalue weighted by atomic mass is 9.60. The van der Waals surface area contributed by atoms with Gasteiger partial charge in [0.05, 0.1) is 28.3 Å². The van der Waals surface area contributed by atoms with Crippen LogP contribution in [0.25, 0.3) is 11.1 Å². The number of nitrogens with two attached hydrogens (primary N) is 1. The first-order chi connectivity index (χ1) is 21.3. The Bertz CT molecular complexity index is 1460. The smallest absolute Gasteiger partial charge is 0.245 e. The highest BCUT2D eigenvalue weighted by atomic mass is 35.5. The van der Waals surface area contributed by atoms with E-state index < -0.39 is 0 Å². The number of nitrogens with one attached hydrogen (secondary N) is 1. The first-order valence-corrected chi connectivity index (χ1v) is 16.5. The maximum Gasteiger partial charge on any atom is 0.245 e. The van der Waals surface area contributed by atoms with E-state index in [9.17, 15) is 9.90 Å². The van der Waals surface area contributed by atoms with E-state index in [1.807, 2.05) is 11.9 Å². The van der Waals surface area contributed by atoms with Gasteiger partial charge >= 0.3 is 0 Å². The molecule has 1 aromatic heterocycles. The molecule has 1 aliphatic carbocycles. The molecular formula is C33H47Cl2N7O3. The number of likely N-dealkylation sites (N-methyl/N-ethyl adjacent to an activating group) is 1. The predicted molar refractivity (Wildman–Crippen MR) is 182 cm³/mol. The number of aliphatic hydroxyl groups is 1. The maximum absolute atomic E-state index is 11.9. The van der Waals surface area contributed by atoms with E-state index >= 15 is 0 Å². The first-order valence-electron chi connectivity index (χ1n) is 15.7. The summed E-state index contributed by atoms with van der Waals surface area (Å²) < 4.78 is 7.14. The highest BCUT2D eigenvalue weighted by Crippen LogP contribution is 2.56. The molecule has 4 aliphatic rings. The van der Waals surface area contributed by atoms with Crippen LogP contribution in [0.4, 0.5) is 11.5 Å². The molecule has 246 valence electrons. The molecule has 10 nitrogen and oxygen atoms in total. The van der Waals surface area contributed by atoms with Crippen molar-refractivity contribution in [1.82, 2.24) is 19.6 Å². The van der Waals surface area contributed by atoms with Crippen LogP contribution in [-0.2, 0) is 9.53 Å². The summed E-state index contributed by atoms with van der Waals surface area (Å²) in [6.07, 6.45) is 7.67. The molecule has 2 unspecified atom stereocenters. The highest BCUT2D eigenvalue weighted by Gasteiger charge is 2.54. The van der Waals surface area contributed by atoms with Crippen LogP contribution in [0.2, 0.25) is 10.0 Å². The third-order valence-electron chi connectivity index (χ3n) is 10.2. The second-order valence-corrected chi connectivity index (χ2v) is 14.7. The lowest BCUT2D eigenvalue weighted by molar-refractivity contribution is -0.149. The van der Waals surface area contributed by atoms with Crippen LogP contribution < -0.4 is 10.6 Å². The Morgan fingerprint density at radius 2 is 1.91 bits per heavy atom. The average molecular weight is 661 g/mol. The standard InChI is InChI=1S/C27H34Cl2N6O.C6H13NO2/c1-5-21(36)33-14-27(15-33)11-17(12-27)35-16(2)22(23-18(13-30)20(31)10-19(28)24(23)29)25(32-35)34-9-7-6-8-26(34,3)4;1-7-3-5(8)6(4-7)9-2/h5,10,13,17,30H,1,6-9,11-12,14-15,31H2,2-4H3;5-6,8H,3-4H2,1-2H3. The first kappa shape index (κ1) is 33.7. The Hall–Kier alpha value is -2.63. The Labute approximate surface area is 276 Å². The van der Waals surface area contributed by atoms with Gasteiger partial charge in [-0.1, -0.05) is 29.8 Å². The lowest BCUT2D eigenvalue weighted by Crippen LogP contribution is -2.63. The van der Waals surface area contributed by atoms with Gasteiger partial charge in [-0.25, -0.2) is 0 Å². The fourth-order valence-electron chi connectivity index (χ4n) is 7.65. The van der Waals surface area contributed by atoms with Gasteiger partial charge in [0.1, 0.15) is 0 Å². The second kappa shape index (κ2) is 12.9. The molecule has 0 bridgehead atoms. The number of β-amino-alcohol motifs (C(OH)–C–C–N with tert-alkyl or cyclic N) is 1. The number of nitrogen functional groups attached to an aromatic ring is 1. The molecule has 2 aromatic rings. The molecule has 1 amide bonds. The van der Waals surface area contributed by atoms with E-state index in [2.05, 4.69) is 41.8 Å². The Kier molecular flexibility index (Phi) is 9.65. The van der Waals surface area contributed by atoms with E-state index in [0.29, 0.717) is 26.9 Å². The summed E-state index contributed by atoms with van der Waals surface area (Å²) in [7, 11) is 3.61. The van der Waals surface area contributed by atoms with Crippen LogP contribution in [-0.4, -0.2) is 101 Å². The number of rotatable bonds is 6. The Morgan fingerprint density at radius 1 is 1.22 bits per heavy atom. The number of ether oxygens (including phenoxy) is 1. The molecule has 3 saturated heterocycles. The van der Waals surface area contributed by atoms with Crippen molar-refractivity contribution >= 4 is 46.8 Å². The van der Waals surface area contributed by atoms with Gasteiger partial charge in [-0.05, 0) is 72.1 Å². The topological polar surface area (TPSA) is 124 Å². The summed E-state index contributed by atoms with van der Waals surface area (Å²) in [5.74, 6) is 0.880. The number of aliphatic hydroxyl groups excluding tert-OH is 1. The molecule has 4 fully saturated rings. The minimum atomic E-state index is -0.292. The number of carbonyl (C=O) groups excluding carboxylic acids is 1. The number of aromatic nitrogens is 2. The van der Waals surface area contributed by atoms with E-state index in [0.717, 1.165) is 75.5 Å². The zero-order valence-electron chi connectivity index (χ0n) is 27.1. The number of methoxy groups -OCH3 is 1. The predicted octanol–water partition coefficient (Wildman–Crippen LogP) is 5.17. The summed E-state index contributed by atoms with van der Waals surface area (Å²) in [6, 6.07) is 1.85. The van der Waals surface area contributed by atoms with Gasteiger partial charge in [0.2, 0.25) is 5.91 Å². The SMILES string of the molecule is C=CC(=O)N1CC2(CC(n3nc(N4CCCCC4(C)C)c(-c4c(Cl)c(Cl)cc(N)c4C=N)c3C)C2)C1.COC1CN(C)CC1O. The summed E-state index contributed by atoms with van der Waals surface area (Å²) in [4.78, 5) is 18.2. The number of likely N-dealkylation sites (tertiary alicyclic amines) is 2. The lowest BCUT2D eigenvalue weighted by Gasteiger charge is -2.58. The normalized spacial score (nSPS) is 24.1. The summed E-state index contributed by atoms with van der Waals surface area (Å²) >= 11 is 13.3. The van der Waals surface area contributed by atoms with Crippen LogP contribution in [0.5, 0.6) is 0 Å². The summed E-state index contributed by atoms with van der Waals surface area (Å²) in [5.41, 5.74) is 9.98. The largest absolute Gasteiger partial charge is 0.398 e. The minimum absolute atomic E-state index is 0.00334. The number of nitrogens with zero attached hydrogens (tertiary/aromatic N) is 5. The number of anilines is 2. The second-order valence-electron chi connectivity index (χ2n) is 13.9. The van der Waals surface area contributed by atoms with E-state index in [1.165, 1.54) is 18.7 Å². The van der Waals surface area contributed by atoms with Gasteiger partial charge in [0, 0.05) is 85.1 Å². The highest BCUT2D eigenvalue weighted by molar-refractivity contribution is 6.44. The van der Waals surface area contributed by atoms with Crippen molar-refractivity contribution < 1.29 is 14.6 Å². The molecule has 3 aliphatic heterocycles. The van der Waals surface area contributed by atoms with Gasteiger partial charge in [-0.2, -0.15) is 5.10 Å². The van der Waals surface area contributed by atoms with Gasteiger partial charge in [-0.15, -0.1) is 0 Å². The minimum Gasteiger partial charge on any atom is -0.398 e. The van der Waals surface area contributed by atoms with Crippen LogP contribution >= 0.6 is 23.2 Å². The molecule has 2 atom stereocenters. The molecule has 1 aromatic carbocycles. The molecule has 6 rings (SSSR count). The zero-order valence-corrected chi connectivity index (χ0v) is 28.6. The molecule has 0 radical (unpaired) electrons. The fraction of sp³-hybridized carbons (Fsp3) is 0.606. The fourth-order valence-corrected chi connectivity index (χ4v) is 8.11. The van der Waals surface area contributed by atoms with Crippen molar-refractivity contribution in [3.63, 3.8) is 0 Å². The van der Waals surface area contributed by atoms with Crippen molar-refractivity contribution in [1.29, 1.82) is 5.41 Å². The molecule has 1 spiro atoms. The molecule has 4 heterocycles. The summed E-state index contributed by atoms with van der Waals surface area (Å²) in [6.45, 7) is 14.2. The van der Waals surface area contributed by atoms with Gasteiger partial charge in [-0.3, -0.25) is 9.48 Å². The van der Waals surface area contributed by atoms with Gasteiger partial charge < -0.3 is 35.7 Å². The van der Waals surface area contributed by atoms with Crippen molar-refractivity contribution in [2.75, 3.05) is 57.5 Å². The van der Waals surface area contributed by atoms with Crippen molar-refractivity contribution in [3.05, 3.63) is 40.0 Å². The van der Waals surface area contributed by atoms with Crippen molar-refractivity contribution in [2.24, 2.45) is 5.41 Å². The van der Waals surface area contributed by atoms with Crippen LogP contribution in [0.3, 0.4) is 0 Å². The number of hydrogen-bond donors (Lipinski definition) is 3. The van der Waals surface area contributed by atoms with E-state index in [4.69, 9.17) is 44.2 Å². The number of piperidine rings is 1. The average Bonchev–Trinajstić information content (AvgIpc) is 3.45. The number of hydrogen-bond acceptors (Lipinski definition) is 8. The number of amides is 1. The third kappa shape index (κ3) is 6.24. The van der Waals surface area contributed by atoms with Crippen LogP contribution in [0.15, 0.2) is 18.7 Å². The van der Waals surface area contributed by atoms with Gasteiger partial charge in [0.25, 0.3) is 0 Å². The van der Waals surface area contributed by atoms with Crippen LogP contribution in [0.1, 0.15) is 63.3 Å². The third-order valence-corrected chi connectivity index (χ3v) is 11.0. The Morgan fingerprint density at radius 3 is 2.44 bits per heavy atom. The quantitative estimate of drug-likeness (QED) is 0.222. The number of halogens is 2. The number of benzene rings is 1.